The summed E-state index contributed by atoms with van der Waals surface area (Å²) >= 11 is 0. The Kier molecular flexibility index (Phi) is 5.25. The van der Waals surface area contributed by atoms with Gasteiger partial charge in [0.25, 0.3) is 10.2 Å². The lowest BCUT2D eigenvalue weighted by Crippen LogP contribution is -2.52. The summed E-state index contributed by atoms with van der Waals surface area (Å²) in [5, 5.41) is 0. The fourth-order valence-corrected chi connectivity index (χ4v) is 4.64. The van der Waals surface area contributed by atoms with Crippen LogP contribution < -0.4 is 4.72 Å². The highest BCUT2D eigenvalue weighted by Crippen LogP contribution is 2.32. The molecule has 0 spiro atoms. The Morgan fingerprint density at radius 2 is 1.78 bits per heavy atom. The number of rotatable bonds is 5. The quantitative estimate of drug-likeness (QED) is 0.744. The Hall–Kier alpha value is -0.700. The van der Waals surface area contributed by atoms with Crippen molar-refractivity contribution >= 4 is 16.1 Å². The molecule has 3 fully saturated rings. The minimum Gasteiger partial charge on any atom is -0.342 e. The number of hydrogen-bond acceptors (Lipinski definition) is 4. The molecule has 132 valence electrons. The van der Waals surface area contributed by atoms with E-state index in [1.54, 1.807) is 0 Å². The van der Waals surface area contributed by atoms with Crippen LogP contribution in [-0.4, -0.2) is 81.3 Å². The number of carbonyl (C=O) groups excluding carboxylic acids is 1. The summed E-state index contributed by atoms with van der Waals surface area (Å²) in [6, 6.07) is 0. The normalized spacial score (nSPS) is 28.0. The Bertz CT molecular complexity index is 527. The van der Waals surface area contributed by atoms with Crippen molar-refractivity contribution in [3.05, 3.63) is 0 Å². The summed E-state index contributed by atoms with van der Waals surface area (Å²) in [7, 11) is -1.39. The first-order valence-corrected chi connectivity index (χ1v) is 10.1. The summed E-state index contributed by atoms with van der Waals surface area (Å²) in [6.07, 6.45) is 4.01. The highest BCUT2D eigenvalue weighted by molar-refractivity contribution is 7.87. The number of likely N-dealkylation sites (tertiary alicyclic amines) is 1. The molecule has 0 aromatic heterocycles. The predicted molar refractivity (Wildman–Crippen MR) is 88.0 cm³/mol. The number of piperazine rings is 1. The molecule has 2 aliphatic heterocycles. The molecule has 2 saturated heterocycles. The number of hydrogen-bond donors (Lipinski definition) is 1. The van der Waals surface area contributed by atoms with E-state index in [1.807, 2.05) is 11.9 Å². The molecule has 1 amide bonds. The van der Waals surface area contributed by atoms with Crippen molar-refractivity contribution < 1.29 is 13.2 Å². The number of carbonyl (C=O) groups is 1. The maximum absolute atomic E-state index is 12.4. The first-order chi connectivity index (χ1) is 11.0. The van der Waals surface area contributed by atoms with E-state index in [0.717, 1.165) is 45.3 Å². The lowest BCUT2D eigenvalue weighted by molar-refractivity contribution is -0.134. The second-order valence-corrected chi connectivity index (χ2v) is 8.88. The van der Waals surface area contributed by atoms with Crippen LogP contribution in [0.1, 0.15) is 25.7 Å². The van der Waals surface area contributed by atoms with E-state index in [9.17, 15) is 13.2 Å². The predicted octanol–water partition coefficient (Wildman–Crippen LogP) is -0.283. The summed E-state index contributed by atoms with van der Waals surface area (Å²) in [4.78, 5) is 16.2. The number of amides is 1. The largest absolute Gasteiger partial charge is 0.342 e. The van der Waals surface area contributed by atoms with Crippen LogP contribution in [-0.2, 0) is 15.0 Å². The Morgan fingerprint density at radius 1 is 1.09 bits per heavy atom. The molecular weight excluding hydrogens is 316 g/mol. The van der Waals surface area contributed by atoms with Crippen LogP contribution in [0.25, 0.3) is 0 Å². The lowest BCUT2D eigenvalue weighted by Gasteiger charge is -2.34. The van der Waals surface area contributed by atoms with Gasteiger partial charge in [-0.3, -0.25) is 4.79 Å². The molecule has 1 saturated carbocycles. The van der Waals surface area contributed by atoms with Gasteiger partial charge in [0, 0.05) is 51.7 Å². The average Bonchev–Trinajstić information content (AvgIpc) is 3.38. The summed E-state index contributed by atoms with van der Waals surface area (Å²) in [5.41, 5.74) is 0. The van der Waals surface area contributed by atoms with E-state index >= 15 is 0 Å². The SMILES string of the molecule is CN1CCN(S(=O)(=O)NC[C@@H]2CCCN(C(=O)C3CC3)C2)CC1. The molecule has 8 heteroatoms. The summed E-state index contributed by atoms with van der Waals surface area (Å²) in [6.45, 7) is 4.59. The zero-order valence-electron chi connectivity index (χ0n) is 13.9. The third-order valence-electron chi connectivity index (χ3n) is 5.11. The smallest absolute Gasteiger partial charge is 0.279 e. The number of nitrogens with zero attached hydrogens (tertiary/aromatic N) is 3. The standard InChI is InChI=1S/C15H28N4O3S/c1-17-7-9-19(10-8-17)23(21,22)16-11-13-3-2-6-18(12-13)15(20)14-4-5-14/h13-14,16H,2-12H2,1H3/t13-/m0/s1. The maximum atomic E-state index is 12.4. The van der Waals surface area contributed by atoms with Crippen LogP contribution in [0.2, 0.25) is 0 Å². The van der Waals surface area contributed by atoms with Crippen molar-refractivity contribution in [2.75, 3.05) is 52.9 Å². The van der Waals surface area contributed by atoms with Crippen LogP contribution in [0.5, 0.6) is 0 Å². The molecule has 0 bridgehead atoms. The van der Waals surface area contributed by atoms with Gasteiger partial charge in [0.05, 0.1) is 0 Å². The lowest BCUT2D eigenvalue weighted by atomic mass is 9.98. The molecule has 1 aliphatic carbocycles. The van der Waals surface area contributed by atoms with Gasteiger partial charge in [-0.15, -0.1) is 0 Å². The zero-order chi connectivity index (χ0) is 16.4. The van der Waals surface area contributed by atoms with E-state index in [2.05, 4.69) is 9.62 Å². The molecule has 2 heterocycles. The van der Waals surface area contributed by atoms with Gasteiger partial charge in [-0.2, -0.15) is 12.7 Å². The molecule has 0 unspecified atom stereocenters. The molecule has 1 atom stereocenters. The minimum absolute atomic E-state index is 0.230. The minimum atomic E-state index is -3.39. The van der Waals surface area contributed by atoms with E-state index < -0.39 is 10.2 Å². The maximum Gasteiger partial charge on any atom is 0.279 e. The van der Waals surface area contributed by atoms with E-state index in [0.29, 0.717) is 26.2 Å². The first kappa shape index (κ1) is 17.1. The van der Waals surface area contributed by atoms with Crippen LogP contribution >= 0.6 is 0 Å². The van der Waals surface area contributed by atoms with Gasteiger partial charge in [0.15, 0.2) is 0 Å². The third-order valence-corrected chi connectivity index (χ3v) is 6.69. The van der Waals surface area contributed by atoms with Gasteiger partial charge in [0.2, 0.25) is 5.91 Å². The molecule has 7 nitrogen and oxygen atoms in total. The Morgan fingerprint density at radius 3 is 2.43 bits per heavy atom. The Labute approximate surface area is 139 Å². The monoisotopic (exact) mass is 344 g/mol. The topological polar surface area (TPSA) is 73.0 Å². The van der Waals surface area contributed by atoms with Gasteiger partial charge in [-0.1, -0.05) is 0 Å². The number of nitrogens with one attached hydrogen (secondary N) is 1. The van der Waals surface area contributed by atoms with Gasteiger partial charge in [0.1, 0.15) is 0 Å². The second-order valence-electron chi connectivity index (χ2n) is 7.12. The molecule has 0 aromatic carbocycles. The number of likely N-dealkylation sites (N-methyl/N-ethyl adjacent to an activating group) is 1. The molecule has 1 N–H and O–H groups in total. The fraction of sp³-hybridized carbons (Fsp3) is 0.933. The number of piperidine rings is 1. The van der Waals surface area contributed by atoms with Gasteiger partial charge >= 0.3 is 0 Å². The Balaban J connectivity index is 1.48. The van der Waals surface area contributed by atoms with Crippen molar-refractivity contribution in [2.24, 2.45) is 11.8 Å². The van der Waals surface area contributed by atoms with Crippen molar-refractivity contribution in [1.29, 1.82) is 0 Å². The van der Waals surface area contributed by atoms with E-state index in [4.69, 9.17) is 0 Å². The van der Waals surface area contributed by atoms with Gasteiger partial charge < -0.3 is 9.80 Å². The highest BCUT2D eigenvalue weighted by atomic mass is 32.2. The van der Waals surface area contributed by atoms with Gasteiger partial charge in [-0.05, 0) is 38.6 Å². The second kappa shape index (κ2) is 7.04. The third kappa shape index (κ3) is 4.43. The molecular formula is C15H28N4O3S. The molecule has 23 heavy (non-hydrogen) atoms. The highest BCUT2D eigenvalue weighted by Gasteiger charge is 2.35. The van der Waals surface area contributed by atoms with Crippen molar-refractivity contribution in [2.45, 2.75) is 25.7 Å². The van der Waals surface area contributed by atoms with Crippen molar-refractivity contribution in [3.8, 4) is 0 Å². The first-order valence-electron chi connectivity index (χ1n) is 8.68. The van der Waals surface area contributed by atoms with Crippen LogP contribution in [0, 0.1) is 11.8 Å². The van der Waals surface area contributed by atoms with E-state index in [1.165, 1.54) is 4.31 Å². The van der Waals surface area contributed by atoms with Crippen LogP contribution in [0.3, 0.4) is 0 Å². The average molecular weight is 344 g/mol. The molecule has 0 radical (unpaired) electrons. The summed E-state index contributed by atoms with van der Waals surface area (Å²) < 4.78 is 29.1. The van der Waals surface area contributed by atoms with Gasteiger partial charge in [-0.25, -0.2) is 4.72 Å². The fourth-order valence-electron chi connectivity index (χ4n) is 3.36. The molecule has 0 aromatic rings. The van der Waals surface area contributed by atoms with Crippen molar-refractivity contribution in [1.82, 2.24) is 18.8 Å². The summed E-state index contributed by atoms with van der Waals surface area (Å²) in [5.74, 6) is 0.751. The molecule has 3 aliphatic rings. The zero-order valence-corrected chi connectivity index (χ0v) is 14.7. The van der Waals surface area contributed by atoms with Crippen LogP contribution in [0.4, 0.5) is 0 Å². The molecule has 3 rings (SSSR count). The van der Waals surface area contributed by atoms with E-state index in [-0.39, 0.29) is 17.7 Å². The van der Waals surface area contributed by atoms with Crippen LogP contribution in [0.15, 0.2) is 0 Å². The van der Waals surface area contributed by atoms with Crippen molar-refractivity contribution in [3.63, 3.8) is 0 Å².